The molecule has 4 nitrogen and oxygen atoms in total. The Bertz CT molecular complexity index is 3220. The van der Waals surface area contributed by atoms with E-state index in [0.717, 1.165) is 33.4 Å². The molecule has 0 amide bonds. The minimum Gasteiger partial charge on any atom is -0.309 e. The van der Waals surface area contributed by atoms with E-state index >= 15 is 0 Å². The zero-order valence-corrected chi connectivity index (χ0v) is 30.9. The largest absolute Gasteiger partial charge is 0.309 e. The molecule has 0 radical (unpaired) electrons. The van der Waals surface area contributed by atoms with Crippen LogP contribution < -0.4 is 0 Å². The van der Waals surface area contributed by atoms with E-state index in [1.165, 1.54) is 54.6 Å². The van der Waals surface area contributed by atoms with E-state index < -0.39 is 0 Å². The highest BCUT2D eigenvalue weighted by Crippen LogP contribution is 2.39. The van der Waals surface area contributed by atoms with Crippen molar-refractivity contribution in [2.75, 3.05) is 0 Å². The van der Waals surface area contributed by atoms with Crippen molar-refractivity contribution in [1.29, 1.82) is 0 Å². The number of benzene rings is 9. The van der Waals surface area contributed by atoms with Gasteiger partial charge in [0, 0.05) is 33.2 Å². The number of aromatic nitrogens is 4. The van der Waals surface area contributed by atoms with Gasteiger partial charge in [0.2, 0.25) is 0 Å². The van der Waals surface area contributed by atoms with Gasteiger partial charge in [-0.2, -0.15) is 0 Å². The SMILES string of the molecule is c1ccc(-c2ccc3ccc(-c4ccc5c(ccc6c5c5ccccc5n6-c5cccc(-c6nc(-c7ccccc7)nc(-c7ccccc7)n6)c5)c4)cc3c2)cc1. The standard InChI is InChI=1S/C53H34N4/c1-4-13-35(14-5-1)39-25-23-36-24-26-40(33-44(36)32-39)41-27-29-46-42(31-41)28-30-49-50(46)47-21-10-11-22-48(47)57(49)45-20-12-19-43(34-45)53-55-51(37-15-6-2-7-16-37)54-52(56-53)38-17-8-3-9-18-38/h1-34H. The fraction of sp³-hybridized carbons (Fsp3) is 0. The van der Waals surface area contributed by atoms with Crippen molar-refractivity contribution >= 4 is 43.4 Å². The van der Waals surface area contributed by atoms with E-state index in [4.69, 9.17) is 15.0 Å². The van der Waals surface area contributed by atoms with Crippen LogP contribution in [0.3, 0.4) is 0 Å². The molecule has 0 saturated carbocycles. The summed E-state index contributed by atoms with van der Waals surface area (Å²) in [6.07, 6.45) is 0. The van der Waals surface area contributed by atoms with Crippen molar-refractivity contribution in [2.45, 2.75) is 0 Å². The molecule has 11 rings (SSSR count). The normalized spacial score (nSPS) is 11.5. The molecule has 2 aromatic heterocycles. The van der Waals surface area contributed by atoms with Crippen molar-refractivity contribution in [2.24, 2.45) is 0 Å². The average Bonchev–Trinajstić information content (AvgIpc) is 3.64. The first-order chi connectivity index (χ1) is 28.2. The average molecular weight is 727 g/mol. The highest BCUT2D eigenvalue weighted by atomic mass is 15.0. The number of hydrogen-bond donors (Lipinski definition) is 0. The maximum atomic E-state index is 5.02. The van der Waals surface area contributed by atoms with E-state index in [1.54, 1.807) is 0 Å². The first kappa shape index (κ1) is 32.7. The summed E-state index contributed by atoms with van der Waals surface area (Å²) in [7, 11) is 0. The highest BCUT2D eigenvalue weighted by molar-refractivity contribution is 6.21. The van der Waals surface area contributed by atoms with Crippen LogP contribution in [0.15, 0.2) is 206 Å². The lowest BCUT2D eigenvalue weighted by Gasteiger charge is -2.12. The van der Waals surface area contributed by atoms with Gasteiger partial charge in [-0.25, -0.2) is 15.0 Å². The molecule has 4 heteroatoms. The molecule has 0 aliphatic heterocycles. The Kier molecular flexibility index (Phi) is 7.78. The Morgan fingerprint density at radius 3 is 1.46 bits per heavy atom. The van der Waals surface area contributed by atoms with Crippen LogP contribution in [-0.2, 0) is 0 Å². The van der Waals surface area contributed by atoms with Gasteiger partial charge in [-0.1, -0.05) is 164 Å². The summed E-state index contributed by atoms with van der Waals surface area (Å²) in [5.41, 5.74) is 11.0. The Hall–Kier alpha value is -7.69. The van der Waals surface area contributed by atoms with Gasteiger partial charge in [0.05, 0.1) is 11.0 Å². The monoisotopic (exact) mass is 726 g/mol. The fourth-order valence-electron chi connectivity index (χ4n) is 8.21. The second-order valence-electron chi connectivity index (χ2n) is 14.5. The van der Waals surface area contributed by atoms with E-state index in [0.29, 0.717) is 17.5 Å². The molecule has 0 aliphatic carbocycles. The van der Waals surface area contributed by atoms with Crippen molar-refractivity contribution in [1.82, 2.24) is 19.5 Å². The molecule has 0 bridgehead atoms. The third kappa shape index (κ3) is 5.83. The summed E-state index contributed by atoms with van der Waals surface area (Å²) in [4.78, 5) is 15.0. The molecule has 266 valence electrons. The first-order valence-corrected chi connectivity index (χ1v) is 19.3. The smallest absolute Gasteiger partial charge is 0.164 e. The molecule has 0 aliphatic rings. The Morgan fingerprint density at radius 1 is 0.281 bits per heavy atom. The number of nitrogens with zero attached hydrogens (tertiary/aromatic N) is 4. The zero-order chi connectivity index (χ0) is 37.7. The Balaban J connectivity index is 1.03. The van der Waals surface area contributed by atoms with Crippen LogP contribution in [0, 0.1) is 0 Å². The van der Waals surface area contributed by atoms with Crippen molar-refractivity contribution in [3.63, 3.8) is 0 Å². The summed E-state index contributed by atoms with van der Waals surface area (Å²) < 4.78 is 2.37. The molecule has 11 aromatic rings. The summed E-state index contributed by atoms with van der Waals surface area (Å²) in [5, 5.41) is 7.37. The molecule has 0 N–H and O–H groups in total. The van der Waals surface area contributed by atoms with Crippen LogP contribution >= 0.6 is 0 Å². The predicted molar refractivity (Wildman–Crippen MR) is 236 cm³/mol. The molecule has 57 heavy (non-hydrogen) atoms. The molecular formula is C53H34N4. The van der Waals surface area contributed by atoms with Crippen LogP contribution in [-0.4, -0.2) is 19.5 Å². The number of rotatable bonds is 6. The van der Waals surface area contributed by atoms with E-state index in [9.17, 15) is 0 Å². The molecular weight excluding hydrogens is 693 g/mol. The van der Waals surface area contributed by atoms with Gasteiger partial charge in [0.25, 0.3) is 0 Å². The molecule has 9 aromatic carbocycles. The molecule has 0 spiro atoms. The van der Waals surface area contributed by atoms with E-state index in [2.05, 4.69) is 150 Å². The summed E-state index contributed by atoms with van der Waals surface area (Å²) in [6, 6.07) is 73.0. The maximum absolute atomic E-state index is 5.02. The van der Waals surface area contributed by atoms with Gasteiger partial charge in [-0.05, 0) is 86.3 Å². The van der Waals surface area contributed by atoms with Gasteiger partial charge in [0.1, 0.15) is 0 Å². The lowest BCUT2D eigenvalue weighted by Crippen LogP contribution is -2.01. The van der Waals surface area contributed by atoms with Gasteiger partial charge in [-0.15, -0.1) is 0 Å². The Morgan fingerprint density at radius 2 is 0.789 bits per heavy atom. The molecule has 0 saturated heterocycles. The predicted octanol–water partition coefficient (Wildman–Crippen LogP) is 13.6. The zero-order valence-electron chi connectivity index (χ0n) is 30.9. The van der Waals surface area contributed by atoms with E-state index in [-0.39, 0.29) is 0 Å². The summed E-state index contributed by atoms with van der Waals surface area (Å²) in [5.74, 6) is 1.93. The fourth-order valence-corrected chi connectivity index (χ4v) is 8.21. The second kappa shape index (κ2) is 13.6. The van der Waals surface area contributed by atoms with Crippen LogP contribution in [0.5, 0.6) is 0 Å². The van der Waals surface area contributed by atoms with Crippen molar-refractivity contribution < 1.29 is 0 Å². The highest BCUT2D eigenvalue weighted by Gasteiger charge is 2.17. The third-order valence-corrected chi connectivity index (χ3v) is 11.0. The van der Waals surface area contributed by atoms with Crippen LogP contribution in [0.25, 0.3) is 105 Å². The van der Waals surface area contributed by atoms with Gasteiger partial charge < -0.3 is 4.57 Å². The molecule has 0 fully saturated rings. The van der Waals surface area contributed by atoms with Crippen molar-refractivity contribution in [3.8, 4) is 62.1 Å². The van der Waals surface area contributed by atoms with Gasteiger partial charge in [-0.3, -0.25) is 0 Å². The lowest BCUT2D eigenvalue weighted by atomic mass is 9.95. The molecule has 2 heterocycles. The molecule has 0 atom stereocenters. The topological polar surface area (TPSA) is 43.6 Å². The number of hydrogen-bond acceptors (Lipinski definition) is 3. The van der Waals surface area contributed by atoms with E-state index in [1.807, 2.05) is 60.7 Å². The first-order valence-electron chi connectivity index (χ1n) is 19.3. The van der Waals surface area contributed by atoms with Gasteiger partial charge in [0.15, 0.2) is 17.5 Å². The lowest BCUT2D eigenvalue weighted by molar-refractivity contribution is 1.07. The summed E-state index contributed by atoms with van der Waals surface area (Å²) in [6.45, 7) is 0. The van der Waals surface area contributed by atoms with Crippen molar-refractivity contribution in [3.05, 3.63) is 206 Å². The third-order valence-electron chi connectivity index (χ3n) is 11.0. The minimum absolute atomic E-state index is 0.633. The number of fused-ring (bicyclic) bond motifs is 6. The van der Waals surface area contributed by atoms with Crippen LogP contribution in [0.1, 0.15) is 0 Å². The Labute approximate surface area is 330 Å². The summed E-state index contributed by atoms with van der Waals surface area (Å²) >= 11 is 0. The maximum Gasteiger partial charge on any atom is 0.164 e. The minimum atomic E-state index is 0.633. The molecule has 0 unspecified atom stereocenters. The van der Waals surface area contributed by atoms with Crippen LogP contribution in [0.4, 0.5) is 0 Å². The quantitative estimate of drug-likeness (QED) is 0.171. The van der Waals surface area contributed by atoms with Crippen LogP contribution in [0.2, 0.25) is 0 Å². The second-order valence-corrected chi connectivity index (χ2v) is 14.5. The number of para-hydroxylation sites is 1. The van der Waals surface area contributed by atoms with Gasteiger partial charge >= 0.3 is 0 Å².